The van der Waals surface area contributed by atoms with E-state index in [1.807, 2.05) is 0 Å². The van der Waals surface area contributed by atoms with Crippen molar-refractivity contribution in [3.63, 3.8) is 0 Å². The first-order valence-electron chi connectivity index (χ1n) is 5.01. The van der Waals surface area contributed by atoms with Gasteiger partial charge >= 0.3 is 0 Å². The average Bonchev–Trinajstić information content (AvgIpc) is 2.30. The van der Waals surface area contributed by atoms with E-state index in [9.17, 15) is 0 Å². The second kappa shape index (κ2) is 5.54. The van der Waals surface area contributed by atoms with Crippen LogP contribution in [0.4, 0.5) is 0 Å². The Morgan fingerprint density at radius 1 is 1.50 bits per heavy atom. The molecule has 0 N–H and O–H groups in total. The van der Waals surface area contributed by atoms with Crippen molar-refractivity contribution in [1.29, 1.82) is 0 Å². The Morgan fingerprint density at radius 3 is 3.06 bits per heavy atom. The highest BCUT2D eigenvalue weighted by Gasteiger charge is 2.20. The summed E-state index contributed by atoms with van der Waals surface area (Å²) in [6.45, 7) is 2.04. The van der Waals surface area contributed by atoms with E-state index in [4.69, 9.17) is 25.8 Å². The van der Waals surface area contributed by atoms with E-state index < -0.39 is 0 Å². The highest BCUT2D eigenvalue weighted by Crippen LogP contribution is 2.19. The van der Waals surface area contributed by atoms with Crippen molar-refractivity contribution in [3.8, 4) is 0 Å². The van der Waals surface area contributed by atoms with Crippen LogP contribution in [-0.4, -0.2) is 36.9 Å². The molecule has 1 saturated heterocycles. The molecule has 1 aliphatic heterocycles. The molecule has 0 amide bonds. The predicted octanol–water partition coefficient (Wildman–Crippen LogP) is 1.36. The fraction of sp³-hybridized carbons (Fsp3) is 0.600. The number of methoxy groups -OCH3 is 1. The number of halogens is 1. The van der Waals surface area contributed by atoms with Crippen LogP contribution in [0.3, 0.4) is 0 Å². The van der Waals surface area contributed by atoms with Crippen LogP contribution < -0.4 is 0 Å². The number of ether oxygens (including phenoxy) is 3. The SMILES string of the molecule is COCc1cc(Cl)nc(C2COCCO2)n1. The summed E-state index contributed by atoms with van der Waals surface area (Å²) in [5.74, 6) is 0.555. The second-order valence-electron chi connectivity index (χ2n) is 3.41. The molecule has 1 atom stereocenters. The van der Waals surface area contributed by atoms with Gasteiger partial charge in [-0.1, -0.05) is 11.6 Å². The van der Waals surface area contributed by atoms with Crippen molar-refractivity contribution >= 4 is 11.6 Å². The summed E-state index contributed by atoms with van der Waals surface area (Å²) >= 11 is 5.90. The van der Waals surface area contributed by atoms with Crippen LogP contribution in [0.2, 0.25) is 5.15 Å². The van der Waals surface area contributed by atoms with E-state index in [1.165, 1.54) is 0 Å². The standard InChI is InChI=1S/C10H13ClN2O3/c1-14-5-7-4-9(11)13-10(12-7)8-6-15-2-3-16-8/h4,8H,2-3,5-6H2,1H3. The number of rotatable bonds is 3. The maximum Gasteiger partial charge on any atom is 0.161 e. The molecule has 2 heterocycles. The van der Waals surface area contributed by atoms with Crippen molar-refractivity contribution in [2.45, 2.75) is 12.7 Å². The van der Waals surface area contributed by atoms with Gasteiger partial charge in [-0.3, -0.25) is 0 Å². The Labute approximate surface area is 98.7 Å². The quantitative estimate of drug-likeness (QED) is 0.752. The highest BCUT2D eigenvalue weighted by molar-refractivity contribution is 6.29. The van der Waals surface area contributed by atoms with Gasteiger partial charge in [0.1, 0.15) is 11.3 Å². The Bertz CT molecular complexity index is 356. The first-order valence-corrected chi connectivity index (χ1v) is 5.39. The Morgan fingerprint density at radius 2 is 2.38 bits per heavy atom. The van der Waals surface area contributed by atoms with E-state index >= 15 is 0 Å². The Hall–Kier alpha value is -0.750. The van der Waals surface area contributed by atoms with E-state index in [2.05, 4.69) is 9.97 Å². The van der Waals surface area contributed by atoms with Gasteiger partial charge in [0.25, 0.3) is 0 Å². The number of hydrogen-bond acceptors (Lipinski definition) is 5. The van der Waals surface area contributed by atoms with Gasteiger partial charge in [0.05, 0.1) is 32.1 Å². The monoisotopic (exact) mass is 244 g/mol. The fourth-order valence-electron chi connectivity index (χ4n) is 1.49. The number of aromatic nitrogens is 2. The molecule has 0 bridgehead atoms. The lowest BCUT2D eigenvalue weighted by Crippen LogP contribution is -2.24. The van der Waals surface area contributed by atoms with Crippen LogP contribution in [0, 0.1) is 0 Å². The molecule has 1 aromatic heterocycles. The molecule has 1 aromatic rings. The molecule has 0 spiro atoms. The summed E-state index contributed by atoms with van der Waals surface area (Å²) in [5, 5.41) is 0.395. The summed E-state index contributed by atoms with van der Waals surface area (Å²) in [7, 11) is 1.61. The zero-order valence-electron chi connectivity index (χ0n) is 8.98. The summed E-state index contributed by atoms with van der Waals surface area (Å²) in [4.78, 5) is 8.45. The minimum absolute atomic E-state index is 0.233. The van der Waals surface area contributed by atoms with Crippen LogP contribution in [0.25, 0.3) is 0 Å². The first-order chi connectivity index (χ1) is 7.79. The topological polar surface area (TPSA) is 53.5 Å². The van der Waals surface area contributed by atoms with Crippen molar-refractivity contribution in [3.05, 3.63) is 22.7 Å². The smallest absolute Gasteiger partial charge is 0.161 e. The number of nitrogens with zero attached hydrogens (tertiary/aromatic N) is 2. The van der Waals surface area contributed by atoms with Crippen LogP contribution in [0.5, 0.6) is 0 Å². The molecular weight excluding hydrogens is 232 g/mol. The summed E-state index contributed by atoms with van der Waals surface area (Å²) in [5.41, 5.74) is 0.742. The third-order valence-corrected chi connectivity index (χ3v) is 2.35. The van der Waals surface area contributed by atoms with Crippen molar-refractivity contribution in [2.75, 3.05) is 26.9 Å². The normalized spacial score (nSPS) is 21.0. The molecule has 0 radical (unpaired) electrons. The number of hydrogen-bond donors (Lipinski definition) is 0. The summed E-state index contributed by atoms with van der Waals surface area (Å²) in [6.07, 6.45) is -0.233. The van der Waals surface area contributed by atoms with Crippen molar-refractivity contribution < 1.29 is 14.2 Å². The van der Waals surface area contributed by atoms with Gasteiger partial charge in [0.2, 0.25) is 0 Å². The minimum atomic E-state index is -0.233. The second-order valence-corrected chi connectivity index (χ2v) is 3.79. The summed E-state index contributed by atoms with van der Waals surface area (Å²) < 4.78 is 15.8. The molecule has 1 unspecified atom stereocenters. The van der Waals surface area contributed by atoms with Gasteiger partial charge in [-0.25, -0.2) is 9.97 Å². The van der Waals surface area contributed by atoms with Crippen molar-refractivity contribution in [2.24, 2.45) is 0 Å². The van der Waals surface area contributed by atoms with E-state index in [0.717, 1.165) is 5.69 Å². The average molecular weight is 245 g/mol. The van der Waals surface area contributed by atoms with Crippen LogP contribution in [-0.2, 0) is 20.8 Å². The van der Waals surface area contributed by atoms with Crippen LogP contribution >= 0.6 is 11.6 Å². The zero-order chi connectivity index (χ0) is 11.4. The fourth-order valence-corrected chi connectivity index (χ4v) is 1.70. The summed E-state index contributed by atoms with van der Waals surface area (Å²) in [6, 6.07) is 1.68. The Kier molecular flexibility index (Phi) is 4.06. The predicted molar refractivity (Wildman–Crippen MR) is 57.3 cm³/mol. The molecule has 6 heteroatoms. The molecular formula is C10H13ClN2O3. The van der Waals surface area contributed by atoms with E-state index in [0.29, 0.717) is 37.4 Å². The van der Waals surface area contributed by atoms with Gasteiger partial charge in [-0.15, -0.1) is 0 Å². The lowest BCUT2D eigenvalue weighted by Gasteiger charge is -2.22. The minimum Gasteiger partial charge on any atom is -0.378 e. The lowest BCUT2D eigenvalue weighted by molar-refractivity contribution is -0.0936. The zero-order valence-corrected chi connectivity index (χ0v) is 9.74. The first kappa shape index (κ1) is 11.7. The molecule has 2 rings (SSSR count). The van der Waals surface area contributed by atoms with Gasteiger partial charge in [-0.2, -0.15) is 0 Å². The maximum atomic E-state index is 5.90. The Balaban J connectivity index is 2.18. The molecule has 5 nitrogen and oxygen atoms in total. The largest absolute Gasteiger partial charge is 0.378 e. The van der Waals surface area contributed by atoms with Gasteiger partial charge in [0, 0.05) is 7.11 Å². The van der Waals surface area contributed by atoms with Crippen molar-refractivity contribution in [1.82, 2.24) is 9.97 Å². The van der Waals surface area contributed by atoms with Gasteiger partial charge in [-0.05, 0) is 6.07 Å². The third kappa shape index (κ3) is 2.89. The molecule has 16 heavy (non-hydrogen) atoms. The molecule has 88 valence electrons. The van der Waals surface area contributed by atoms with Gasteiger partial charge in [0.15, 0.2) is 5.82 Å². The maximum absolute atomic E-state index is 5.90. The highest BCUT2D eigenvalue weighted by atomic mass is 35.5. The van der Waals surface area contributed by atoms with E-state index in [1.54, 1.807) is 13.2 Å². The van der Waals surface area contributed by atoms with E-state index in [-0.39, 0.29) is 6.10 Å². The molecule has 0 saturated carbocycles. The molecule has 0 aromatic carbocycles. The molecule has 1 fully saturated rings. The third-order valence-electron chi connectivity index (χ3n) is 2.16. The lowest BCUT2D eigenvalue weighted by atomic mass is 10.3. The van der Waals surface area contributed by atoms with Crippen LogP contribution in [0.15, 0.2) is 6.07 Å². The molecule has 1 aliphatic rings. The van der Waals surface area contributed by atoms with Crippen LogP contribution in [0.1, 0.15) is 17.6 Å². The molecule has 0 aliphatic carbocycles. The van der Waals surface area contributed by atoms with Gasteiger partial charge < -0.3 is 14.2 Å².